The van der Waals surface area contributed by atoms with Crippen LogP contribution < -0.4 is 0 Å². The van der Waals surface area contributed by atoms with Gasteiger partial charge in [0.1, 0.15) is 12.9 Å². The zero-order valence-corrected chi connectivity index (χ0v) is 16.2. The quantitative estimate of drug-likeness (QED) is 0.307. The van der Waals surface area contributed by atoms with Gasteiger partial charge < -0.3 is 18.6 Å². The highest BCUT2D eigenvalue weighted by molar-refractivity contribution is 6.69. The van der Waals surface area contributed by atoms with Crippen molar-refractivity contribution in [3.8, 4) is 0 Å². The van der Waals surface area contributed by atoms with E-state index in [1.807, 2.05) is 42.5 Å². The van der Waals surface area contributed by atoms with Crippen LogP contribution in [-0.4, -0.2) is 39.9 Å². The average Bonchev–Trinajstić information content (AvgIpc) is 2.59. The van der Waals surface area contributed by atoms with Gasteiger partial charge in [0.25, 0.3) is 0 Å². The number of hydrogen-bond acceptors (Lipinski definition) is 5. The number of ether oxygens (including phenoxy) is 3. The Balaban J connectivity index is 2.06. The van der Waals surface area contributed by atoms with Gasteiger partial charge in [-0.2, -0.15) is 0 Å². The first kappa shape index (κ1) is 19.6. The van der Waals surface area contributed by atoms with Gasteiger partial charge in [0.15, 0.2) is 8.32 Å². The van der Waals surface area contributed by atoms with Crippen LogP contribution in [0.4, 0.5) is 0 Å². The Morgan fingerprint density at radius 1 is 1.16 bits per heavy atom. The van der Waals surface area contributed by atoms with Gasteiger partial charge in [-0.3, -0.25) is 0 Å². The monoisotopic (exact) mass is 362 g/mol. The lowest BCUT2D eigenvalue weighted by molar-refractivity contribution is -0.191. The van der Waals surface area contributed by atoms with Crippen LogP contribution in [-0.2, 0) is 30.0 Å². The van der Waals surface area contributed by atoms with E-state index in [4.69, 9.17) is 18.6 Å². The molecule has 0 aromatic heterocycles. The normalized spacial score (nSPS) is 22.8. The van der Waals surface area contributed by atoms with Crippen LogP contribution >= 0.6 is 0 Å². The van der Waals surface area contributed by atoms with Crippen molar-refractivity contribution < 1.29 is 23.4 Å². The van der Waals surface area contributed by atoms with Crippen molar-refractivity contribution in [3.63, 3.8) is 0 Å². The minimum atomic E-state index is -1.91. The van der Waals surface area contributed by atoms with Gasteiger partial charge in [-0.1, -0.05) is 48.6 Å². The van der Waals surface area contributed by atoms with Crippen molar-refractivity contribution >= 4 is 14.3 Å². The molecule has 25 heavy (non-hydrogen) atoms. The van der Waals surface area contributed by atoms with Gasteiger partial charge in [-0.25, -0.2) is 4.79 Å². The standard InChI is InChI=1S/C19H26O5Si/c1-21-18(20)19(13-9-8-12-17(19)24-25(2,3)4)23-15-22-14-16-10-6-5-7-11-16/h5-13,17H,14-15H2,1-4H3/t17-,19+/m1/s1. The molecule has 5 nitrogen and oxygen atoms in total. The number of methoxy groups -OCH3 is 1. The van der Waals surface area contributed by atoms with Gasteiger partial charge in [0.05, 0.1) is 13.7 Å². The van der Waals surface area contributed by atoms with Crippen molar-refractivity contribution in [2.24, 2.45) is 0 Å². The second kappa shape index (κ2) is 8.58. The minimum absolute atomic E-state index is 0.0479. The largest absolute Gasteiger partial charge is 0.467 e. The van der Waals surface area contributed by atoms with E-state index in [2.05, 4.69) is 19.6 Å². The fourth-order valence-corrected chi connectivity index (χ4v) is 3.53. The third kappa shape index (κ3) is 5.37. The zero-order chi connectivity index (χ0) is 18.3. The van der Waals surface area contributed by atoms with Crippen LogP contribution in [0.15, 0.2) is 54.6 Å². The Labute approximate surface area is 150 Å². The molecule has 0 fully saturated rings. The zero-order valence-electron chi connectivity index (χ0n) is 15.2. The highest BCUT2D eigenvalue weighted by Crippen LogP contribution is 2.29. The van der Waals surface area contributed by atoms with Crippen LogP contribution in [0.25, 0.3) is 0 Å². The number of benzene rings is 1. The van der Waals surface area contributed by atoms with Crippen LogP contribution in [0.3, 0.4) is 0 Å². The summed E-state index contributed by atoms with van der Waals surface area (Å²) in [4.78, 5) is 12.5. The Hall–Kier alpha value is -1.73. The molecular formula is C19H26O5Si. The van der Waals surface area contributed by atoms with Crippen molar-refractivity contribution in [2.45, 2.75) is 38.0 Å². The second-order valence-electron chi connectivity index (χ2n) is 6.78. The third-order valence-corrected chi connectivity index (χ3v) is 4.60. The molecule has 0 radical (unpaired) electrons. The van der Waals surface area contributed by atoms with Gasteiger partial charge in [0, 0.05) is 0 Å². The summed E-state index contributed by atoms with van der Waals surface area (Å²) in [6, 6.07) is 9.78. The Morgan fingerprint density at radius 3 is 2.52 bits per heavy atom. The molecule has 0 N–H and O–H groups in total. The van der Waals surface area contributed by atoms with Gasteiger partial charge in [0.2, 0.25) is 5.60 Å². The van der Waals surface area contributed by atoms with E-state index in [0.29, 0.717) is 6.61 Å². The van der Waals surface area contributed by atoms with Crippen molar-refractivity contribution in [2.75, 3.05) is 13.9 Å². The van der Waals surface area contributed by atoms with E-state index < -0.39 is 26.0 Å². The van der Waals surface area contributed by atoms with Crippen LogP contribution in [0, 0.1) is 0 Å². The van der Waals surface area contributed by atoms with Gasteiger partial charge in [-0.15, -0.1) is 0 Å². The smallest absolute Gasteiger partial charge is 0.345 e. The maximum atomic E-state index is 12.5. The van der Waals surface area contributed by atoms with E-state index in [9.17, 15) is 4.79 Å². The van der Waals surface area contributed by atoms with E-state index in [1.54, 1.807) is 12.2 Å². The fraction of sp³-hybridized carbons (Fsp3) is 0.421. The van der Waals surface area contributed by atoms with Crippen molar-refractivity contribution in [3.05, 3.63) is 60.2 Å². The lowest BCUT2D eigenvalue weighted by atomic mass is 9.92. The van der Waals surface area contributed by atoms with Crippen LogP contribution in [0.5, 0.6) is 0 Å². The SMILES string of the molecule is COC(=O)[C@]1(OCOCc2ccccc2)C=CC=C[C@H]1O[Si](C)(C)C. The molecule has 1 aromatic carbocycles. The third-order valence-electron chi connectivity index (χ3n) is 3.64. The molecule has 6 heteroatoms. The molecule has 0 amide bonds. The molecule has 0 aliphatic heterocycles. The Kier molecular flexibility index (Phi) is 6.72. The molecule has 1 aromatic rings. The number of rotatable bonds is 8. The van der Waals surface area contributed by atoms with E-state index >= 15 is 0 Å². The number of hydrogen-bond donors (Lipinski definition) is 0. The highest BCUT2D eigenvalue weighted by atomic mass is 28.4. The van der Waals surface area contributed by atoms with E-state index in [0.717, 1.165) is 5.56 Å². The topological polar surface area (TPSA) is 54.0 Å². The molecule has 0 saturated heterocycles. The summed E-state index contributed by atoms with van der Waals surface area (Å²) in [6.07, 6.45) is 6.57. The molecule has 0 saturated carbocycles. The summed E-state index contributed by atoms with van der Waals surface area (Å²) in [5, 5.41) is 0. The summed E-state index contributed by atoms with van der Waals surface area (Å²) >= 11 is 0. The number of carbonyl (C=O) groups excluding carboxylic acids is 1. The first-order chi connectivity index (χ1) is 11.9. The highest BCUT2D eigenvalue weighted by Gasteiger charge is 2.48. The predicted octanol–water partition coefficient (Wildman–Crippen LogP) is 3.44. The minimum Gasteiger partial charge on any atom is -0.467 e. The lowest BCUT2D eigenvalue weighted by Crippen LogP contribution is -2.55. The first-order valence-corrected chi connectivity index (χ1v) is 11.7. The molecule has 2 atom stereocenters. The van der Waals surface area contributed by atoms with Crippen molar-refractivity contribution in [1.29, 1.82) is 0 Å². The maximum absolute atomic E-state index is 12.5. The van der Waals surface area contributed by atoms with Crippen molar-refractivity contribution in [1.82, 2.24) is 0 Å². The summed E-state index contributed by atoms with van der Waals surface area (Å²) in [7, 11) is -0.563. The molecule has 0 unspecified atom stereocenters. The Bertz CT molecular complexity index is 620. The molecule has 0 heterocycles. The predicted molar refractivity (Wildman–Crippen MR) is 98.4 cm³/mol. The number of allylic oxidation sites excluding steroid dienone is 2. The molecular weight excluding hydrogens is 336 g/mol. The van der Waals surface area contributed by atoms with E-state index in [-0.39, 0.29) is 6.79 Å². The molecule has 0 spiro atoms. The average molecular weight is 362 g/mol. The summed E-state index contributed by atoms with van der Waals surface area (Å²) in [5.74, 6) is -0.500. The fourth-order valence-electron chi connectivity index (χ4n) is 2.51. The Morgan fingerprint density at radius 2 is 1.88 bits per heavy atom. The molecule has 1 aliphatic rings. The van der Waals surface area contributed by atoms with Crippen LogP contribution in [0.1, 0.15) is 5.56 Å². The van der Waals surface area contributed by atoms with Gasteiger partial charge in [-0.05, 0) is 31.3 Å². The number of carbonyl (C=O) groups is 1. The maximum Gasteiger partial charge on any atom is 0.345 e. The molecule has 1 aliphatic carbocycles. The summed E-state index contributed by atoms with van der Waals surface area (Å²) in [6.45, 7) is 6.54. The summed E-state index contributed by atoms with van der Waals surface area (Å²) < 4.78 is 22.6. The second-order valence-corrected chi connectivity index (χ2v) is 11.2. The van der Waals surface area contributed by atoms with E-state index in [1.165, 1.54) is 7.11 Å². The molecule has 2 rings (SSSR count). The van der Waals surface area contributed by atoms with Crippen LogP contribution in [0.2, 0.25) is 19.6 Å². The lowest BCUT2D eigenvalue weighted by Gasteiger charge is -2.38. The molecule has 136 valence electrons. The summed E-state index contributed by atoms with van der Waals surface area (Å²) in [5.41, 5.74) is -0.298. The van der Waals surface area contributed by atoms with Gasteiger partial charge >= 0.3 is 5.97 Å². The molecule has 0 bridgehead atoms. The first-order valence-electron chi connectivity index (χ1n) is 8.25. The number of esters is 1.